The Morgan fingerprint density at radius 2 is 1.96 bits per heavy atom. The van der Waals surface area contributed by atoms with Gasteiger partial charge >= 0.3 is 0 Å². The molecule has 128 valence electrons. The number of aliphatic imine (C=N–C) groups is 1. The monoisotopic (exact) mass is 326 g/mol. The summed E-state index contributed by atoms with van der Waals surface area (Å²) in [6, 6.07) is 16.1. The third-order valence-corrected chi connectivity index (χ3v) is 3.76. The molecule has 0 saturated heterocycles. The number of rotatable bonds is 7. The molecular formula is C19H26N4O. The second-order valence-corrected chi connectivity index (χ2v) is 5.54. The first-order valence-corrected chi connectivity index (χ1v) is 8.15. The molecule has 0 unspecified atom stereocenters. The predicted molar refractivity (Wildman–Crippen MR) is 102 cm³/mol. The molecule has 24 heavy (non-hydrogen) atoms. The van der Waals surface area contributed by atoms with E-state index in [0.717, 1.165) is 24.5 Å². The minimum Gasteiger partial charge on any atom is -0.497 e. The lowest BCUT2D eigenvalue weighted by atomic mass is 10.2. The zero-order valence-corrected chi connectivity index (χ0v) is 14.6. The molecule has 2 aromatic carbocycles. The average molecular weight is 326 g/mol. The van der Waals surface area contributed by atoms with Crippen molar-refractivity contribution in [1.29, 1.82) is 0 Å². The fraction of sp³-hybridized carbons (Fsp3) is 0.316. The third-order valence-electron chi connectivity index (χ3n) is 3.76. The van der Waals surface area contributed by atoms with Crippen LogP contribution in [0.15, 0.2) is 53.5 Å². The van der Waals surface area contributed by atoms with Gasteiger partial charge in [-0.1, -0.05) is 12.1 Å². The molecule has 0 heterocycles. The Kier molecular flexibility index (Phi) is 6.49. The summed E-state index contributed by atoms with van der Waals surface area (Å²) in [5.74, 6) is 1.23. The Balaban J connectivity index is 1.89. The molecule has 0 spiro atoms. The Bertz CT molecular complexity index is 667. The van der Waals surface area contributed by atoms with Crippen LogP contribution in [-0.4, -0.2) is 32.7 Å². The van der Waals surface area contributed by atoms with Crippen molar-refractivity contribution < 1.29 is 4.74 Å². The summed E-state index contributed by atoms with van der Waals surface area (Å²) >= 11 is 0. The fourth-order valence-corrected chi connectivity index (χ4v) is 2.45. The minimum atomic E-state index is 0.417. The van der Waals surface area contributed by atoms with Crippen LogP contribution in [-0.2, 0) is 0 Å². The van der Waals surface area contributed by atoms with E-state index in [9.17, 15) is 0 Å². The number of aryl methyl sites for hydroxylation is 1. The maximum absolute atomic E-state index is 5.96. The number of methoxy groups -OCH3 is 1. The van der Waals surface area contributed by atoms with Crippen molar-refractivity contribution in [1.82, 2.24) is 0 Å². The lowest BCUT2D eigenvalue weighted by Gasteiger charge is -2.22. The van der Waals surface area contributed by atoms with Crippen molar-refractivity contribution in [2.24, 2.45) is 10.7 Å². The van der Waals surface area contributed by atoms with Gasteiger partial charge in [0.1, 0.15) is 5.75 Å². The van der Waals surface area contributed by atoms with Crippen LogP contribution < -0.4 is 20.7 Å². The summed E-state index contributed by atoms with van der Waals surface area (Å²) in [6.45, 7) is 6.64. The van der Waals surface area contributed by atoms with Crippen LogP contribution in [0.3, 0.4) is 0 Å². The van der Waals surface area contributed by atoms with E-state index in [1.807, 2.05) is 24.3 Å². The highest BCUT2D eigenvalue weighted by atomic mass is 16.5. The van der Waals surface area contributed by atoms with Gasteiger partial charge in [-0.2, -0.15) is 0 Å². The number of guanidine groups is 1. The second kappa shape index (κ2) is 8.82. The lowest BCUT2D eigenvalue weighted by molar-refractivity contribution is 0.415. The molecule has 5 nitrogen and oxygen atoms in total. The predicted octanol–water partition coefficient (Wildman–Crippen LogP) is 3.26. The number of anilines is 2. The van der Waals surface area contributed by atoms with Crippen molar-refractivity contribution in [2.75, 3.05) is 37.0 Å². The largest absolute Gasteiger partial charge is 0.497 e. The highest BCUT2D eigenvalue weighted by Crippen LogP contribution is 2.16. The number of ether oxygens (including phenoxy) is 1. The molecular weight excluding hydrogens is 300 g/mol. The third kappa shape index (κ3) is 5.19. The first-order chi connectivity index (χ1) is 11.6. The Hall–Kier alpha value is -2.69. The van der Waals surface area contributed by atoms with Crippen molar-refractivity contribution >= 4 is 17.3 Å². The summed E-state index contributed by atoms with van der Waals surface area (Å²) in [4.78, 5) is 6.70. The van der Waals surface area contributed by atoms with E-state index in [2.05, 4.69) is 53.3 Å². The van der Waals surface area contributed by atoms with Gasteiger partial charge in [0.15, 0.2) is 5.96 Å². The number of nitrogens with two attached hydrogens (primary N) is 1. The van der Waals surface area contributed by atoms with Crippen LogP contribution in [0.1, 0.15) is 12.5 Å². The van der Waals surface area contributed by atoms with Gasteiger partial charge in [0.25, 0.3) is 0 Å². The van der Waals surface area contributed by atoms with Crippen molar-refractivity contribution in [3.05, 3.63) is 54.1 Å². The van der Waals surface area contributed by atoms with E-state index in [4.69, 9.17) is 10.5 Å². The maximum Gasteiger partial charge on any atom is 0.193 e. The van der Waals surface area contributed by atoms with E-state index in [0.29, 0.717) is 12.5 Å². The van der Waals surface area contributed by atoms with E-state index in [1.54, 1.807) is 7.11 Å². The number of benzene rings is 2. The molecule has 2 aromatic rings. The lowest BCUT2D eigenvalue weighted by Crippen LogP contribution is -2.28. The molecule has 0 aliphatic rings. The topological polar surface area (TPSA) is 62.9 Å². The van der Waals surface area contributed by atoms with Gasteiger partial charge in [0.2, 0.25) is 0 Å². The smallest absolute Gasteiger partial charge is 0.193 e. The minimum absolute atomic E-state index is 0.417. The zero-order chi connectivity index (χ0) is 17.4. The van der Waals surface area contributed by atoms with Gasteiger partial charge in [-0.15, -0.1) is 0 Å². The normalized spacial score (nSPS) is 11.2. The average Bonchev–Trinajstić information content (AvgIpc) is 2.59. The molecule has 3 N–H and O–H groups in total. The molecule has 0 aromatic heterocycles. The van der Waals surface area contributed by atoms with Crippen LogP contribution in [0, 0.1) is 6.92 Å². The Labute approximate surface area is 144 Å². The van der Waals surface area contributed by atoms with E-state index < -0.39 is 0 Å². The summed E-state index contributed by atoms with van der Waals surface area (Å²) in [7, 11) is 1.64. The second-order valence-electron chi connectivity index (χ2n) is 5.54. The fourth-order valence-electron chi connectivity index (χ4n) is 2.45. The highest BCUT2D eigenvalue weighted by molar-refractivity contribution is 5.92. The first kappa shape index (κ1) is 17.7. The molecule has 0 aliphatic heterocycles. The highest BCUT2D eigenvalue weighted by Gasteiger charge is 2.04. The van der Waals surface area contributed by atoms with Crippen molar-refractivity contribution in [3.8, 4) is 5.75 Å². The number of nitrogens with zero attached hydrogens (tertiary/aromatic N) is 2. The molecule has 0 radical (unpaired) electrons. The molecule has 0 aliphatic carbocycles. The maximum atomic E-state index is 5.96. The summed E-state index contributed by atoms with van der Waals surface area (Å²) in [5.41, 5.74) is 9.32. The SMILES string of the molecule is CCN(CCN=C(N)Nc1ccc(OC)cc1)c1cccc(C)c1. The molecule has 0 fully saturated rings. The van der Waals surface area contributed by atoms with Crippen molar-refractivity contribution in [3.63, 3.8) is 0 Å². The van der Waals surface area contributed by atoms with Crippen LogP contribution in [0.4, 0.5) is 11.4 Å². The van der Waals surface area contributed by atoms with Crippen molar-refractivity contribution in [2.45, 2.75) is 13.8 Å². The summed E-state index contributed by atoms with van der Waals surface area (Å²) in [5, 5.41) is 3.09. The van der Waals surface area contributed by atoms with Gasteiger partial charge in [0, 0.05) is 24.5 Å². The van der Waals surface area contributed by atoms with Gasteiger partial charge in [-0.25, -0.2) is 0 Å². The molecule has 0 atom stereocenters. The standard InChI is InChI=1S/C19H26N4O/c1-4-23(17-7-5-6-15(2)14-17)13-12-21-19(20)22-16-8-10-18(24-3)11-9-16/h5-11,14H,4,12-13H2,1-3H3,(H3,20,21,22). The van der Waals surface area contributed by atoms with Crippen LogP contribution in [0.25, 0.3) is 0 Å². The number of hydrogen-bond donors (Lipinski definition) is 2. The molecule has 0 bridgehead atoms. The zero-order valence-electron chi connectivity index (χ0n) is 14.6. The molecule has 5 heteroatoms. The number of nitrogens with one attached hydrogen (secondary N) is 1. The Morgan fingerprint density at radius 1 is 1.21 bits per heavy atom. The molecule has 2 rings (SSSR count). The van der Waals surface area contributed by atoms with Gasteiger partial charge < -0.3 is 20.7 Å². The first-order valence-electron chi connectivity index (χ1n) is 8.15. The number of likely N-dealkylation sites (N-methyl/N-ethyl adjacent to an activating group) is 1. The summed E-state index contributed by atoms with van der Waals surface area (Å²) < 4.78 is 5.13. The number of hydrogen-bond acceptors (Lipinski definition) is 3. The van der Waals surface area contributed by atoms with Gasteiger partial charge in [0.05, 0.1) is 13.7 Å². The quantitative estimate of drug-likeness (QED) is 0.605. The van der Waals surface area contributed by atoms with Crippen LogP contribution in [0.5, 0.6) is 5.75 Å². The Morgan fingerprint density at radius 3 is 2.58 bits per heavy atom. The van der Waals surface area contributed by atoms with Crippen LogP contribution >= 0.6 is 0 Å². The van der Waals surface area contributed by atoms with E-state index in [1.165, 1.54) is 11.3 Å². The van der Waals surface area contributed by atoms with E-state index in [-0.39, 0.29) is 0 Å². The van der Waals surface area contributed by atoms with Gasteiger partial charge in [-0.3, -0.25) is 4.99 Å². The van der Waals surface area contributed by atoms with Gasteiger partial charge in [-0.05, 0) is 55.8 Å². The molecule has 0 amide bonds. The van der Waals surface area contributed by atoms with Crippen LogP contribution in [0.2, 0.25) is 0 Å². The molecule has 0 saturated carbocycles. The summed E-state index contributed by atoms with van der Waals surface area (Å²) in [6.07, 6.45) is 0. The van der Waals surface area contributed by atoms with E-state index >= 15 is 0 Å².